The third-order valence-electron chi connectivity index (χ3n) is 5.86. The fourth-order valence-corrected chi connectivity index (χ4v) is 4.10. The highest BCUT2D eigenvalue weighted by atomic mass is 19.4. The predicted octanol–water partition coefficient (Wildman–Crippen LogP) is 3.55. The molecule has 1 aliphatic heterocycles. The van der Waals surface area contributed by atoms with Gasteiger partial charge in [-0.3, -0.25) is 9.69 Å². The van der Waals surface area contributed by atoms with Gasteiger partial charge in [0.15, 0.2) is 0 Å². The number of nitrogens with one attached hydrogen (secondary N) is 2. The molecule has 0 aromatic heterocycles. The Hall–Kier alpha value is -2.27. The van der Waals surface area contributed by atoms with Gasteiger partial charge in [-0.1, -0.05) is 6.58 Å². The van der Waals surface area contributed by atoms with Crippen molar-refractivity contribution in [2.45, 2.75) is 56.2 Å². The summed E-state index contributed by atoms with van der Waals surface area (Å²) in [6.07, 6.45) is -6.71. The Balaban J connectivity index is 1.52. The summed E-state index contributed by atoms with van der Waals surface area (Å²) in [6.45, 7) is 4.99. The van der Waals surface area contributed by atoms with Crippen LogP contribution in [-0.4, -0.2) is 53.7 Å². The van der Waals surface area contributed by atoms with Gasteiger partial charge in [-0.15, -0.1) is 0 Å². The van der Waals surface area contributed by atoms with Gasteiger partial charge in [0.1, 0.15) is 0 Å². The molecule has 0 atom stereocenters. The van der Waals surface area contributed by atoms with Crippen LogP contribution >= 0.6 is 0 Å². The van der Waals surface area contributed by atoms with Crippen LogP contribution in [0.5, 0.6) is 0 Å². The summed E-state index contributed by atoms with van der Waals surface area (Å²) < 4.78 is 78.2. The summed E-state index contributed by atoms with van der Waals surface area (Å²) >= 11 is 0. The number of alkyl halides is 6. The van der Waals surface area contributed by atoms with E-state index in [2.05, 4.69) is 22.1 Å². The standard InChI is InChI=1S/C21H25F6N3O2/c1-12(29-14-10-30(11-14)15-3-5-16(31)6-4-15)9-28-19(32)17-8-13(20(22,23)24)2-7-18(17)21(25,26)27/h2,7-8,14-16,29,31H,1,3-6,9-11H2,(H,28,32). The molecule has 3 N–H and O–H groups in total. The van der Waals surface area contributed by atoms with Crippen LogP contribution in [0.1, 0.15) is 47.2 Å². The van der Waals surface area contributed by atoms with Crippen LogP contribution in [0.4, 0.5) is 26.3 Å². The number of rotatable bonds is 6. The van der Waals surface area contributed by atoms with Gasteiger partial charge < -0.3 is 15.7 Å². The maximum absolute atomic E-state index is 13.2. The van der Waals surface area contributed by atoms with E-state index in [1.807, 2.05) is 0 Å². The second-order valence-electron chi connectivity index (χ2n) is 8.30. The lowest BCUT2D eigenvalue weighted by atomic mass is 9.89. The number of likely N-dealkylation sites (tertiary alicyclic amines) is 1. The smallest absolute Gasteiger partial charge is 0.393 e. The van der Waals surface area contributed by atoms with Gasteiger partial charge in [0.05, 0.1) is 35.4 Å². The van der Waals surface area contributed by atoms with Crippen LogP contribution in [-0.2, 0) is 12.4 Å². The van der Waals surface area contributed by atoms with Crippen molar-refractivity contribution >= 4 is 5.91 Å². The second kappa shape index (κ2) is 9.30. The van der Waals surface area contributed by atoms with Crippen LogP contribution in [0.2, 0.25) is 0 Å². The third kappa shape index (κ3) is 5.94. The van der Waals surface area contributed by atoms with Crippen LogP contribution in [0, 0.1) is 0 Å². The zero-order valence-corrected chi connectivity index (χ0v) is 17.2. The minimum absolute atomic E-state index is 0.0607. The number of benzene rings is 1. The minimum Gasteiger partial charge on any atom is -0.393 e. The van der Waals surface area contributed by atoms with E-state index >= 15 is 0 Å². The molecule has 5 nitrogen and oxygen atoms in total. The van der Waals surface area contributed by atoms with Gasteiger partial charge >= 0.3 is 12.4 Å². The van der Waals surface area contributed by atoms with Gasteiger partial charge in [-0.25, -0.2) is 0 Å². The van der Waals surface area contributed by atoms with Crippen LogP contribution in [0.25, 0.3) is 0 Å². The van der Waals surface area contributed by atoms with Gasteiger partial charge in [-0.05, 0) is 43.9 Å². The predicted molar refractivity (Wildman–Crippen MR) is 105 cm³/mol. The number of aliphatic hydroxyl groups excluding tert-OH is 1. The summed E-state index contributed by atoms with van der Waals surface area (Å²) in [6, 6.07) is 1.24. The number of hydrogen-bond donors (Lipinski definition) is 3. The molecule has 3 rings (SSSR count). The first-order valence-corrected chi connectivity index (χ1v) is 10.3. The highest BCUT2D eigenvalue weighted by Gasteiger charge is 2.39. The van der Waals surface area contributed by atoms with Crippen LogP contribution in [0.3, 0.4) is 0 Å². The molecule has 0 radical (unpaired) electrons. The van der Waals surface area contributed by atoms with E-state index in [4.69, 9.17) is 0 Å². The molecule has 1 aromatic rings. The molecule has 0 bridgehead atoms. The first kappa shape index (κ1) is 24.4. The van der Waals surface area contributed by atoms with Crippen molar-refractivity contribution < 1.29 is 36.2 Å². The number of nitrogens with zero attached hydrogens (tertiary/aromatic N) is 1. The maximum Gasteiger partial charge on any atom is 0.417 e. The highest BCUT2D eigenvalue weighted by molar-refractivity contribution is 5.96. The Kier molecular flexibility index (Phi) is 7.09. The molecule has 1 saturated carbocycles. The van der Waals surface area contributed by atoms with E-state index in [1.54, 1.807) is 0 Å². The molecule has 2 fully saturated rings. The topological polar surface area (TPSA) is 64.6 Å². The number of aliphatic hydroxyl groups is 1. The van der Waals surface area contributed by atoms with Crippen molar-refractivity contribution in [3.05, 3.63) is 47.2 Å². The van der Waals surface area contributed by atoms with Crippen LogP contribution in [0.15, 0.2) is 30.5 Å². The highest BCUT2D eigenvalue weighted by Crippen LogP contribution is 2.36. The van der Waals surface area contributed by atoms with Crippen molar-refractivity contribution in [2.24, 2.45) is 0 Å². The molecule has 1 saturated heterocycles. The van der Waals surface area contributed by atoms with E-state index in [-0.39, 0.29) is 30.8 Å². The van der Waals surface area contributed by atoms with Crippen molar-refractivity contribution in [3.8, 4) is 0 Å². The first-order chi connectivity index (χ1) is 14.8. The van der Waals surface area contributed by atoms with Crippen molar-refractivity contribution in [1.29, 1.82) is 0 Å². The third-order valence-corrected chi connectivity index (χ3v) is 5.86. The molecule has 1 heterocycles. The van der Waals surface area contributed by atoms with Gasteiger partial charge in [0, 0.05) is 24.8 Å². The first-order valence-electron chi connectivity index (χ1n) is 10.3. The van der Waals surface area contributed by atoms with Gasteiger partial charge in [0.25, 0.3) is 5.91 Å². The lowest BCUT2D eigenvalue weighted by Gasteiger charge is -2.46. The molecule has 2 aliphatic rings. The van der Waals surface area contributed by atoms with E-state index in [0.717, 1.165) is 38.8 Å². The monoisotopic (exact) mass is 465 g/mol. The van der Waals surface area contributed by atoms with Gasteiger partial charge in [0.2, 0.25) is 0 Å². The fraction of sp³-hybridized carbons (Fsp3) is 0.571. The van der Waals surface area contributed by atoms with E-state index < -0.39 is 35.0 Å². The average Bonchev–Trinajstić information content (AvgIpc) is 2.67. The lowest BCUT2D eigenvalue weighted by Crippen LogP contribution is -2.61. The molecule has 1 aliphatic carbocycles. The second-order valence-corrected chi connectivity index (χ2v) is 8.30. The van der Waals surface area contributed by atoms with E-state index in [0.29, 0.717) is 17.8 Å². The minimum atomic E-state index is -4.98. The summed E-state index contributed by atoms with van der Waals surface area (Å²) in [7, 11) is 0. The van der Waals surface area contributed by atoms with Crippen LogP contribution < -0.4 is 10.6 Å². The van der Waals surface area contributed by atoms with Crippen molar-refractivity contribution in [2.75, 3.05) is 19.6 Å². The Labute approximate surface area is 181 Å². The zero-order chi connectivity index (χ0) is 23.7. The average molecular weight is 465 g/mol. The van der Waals surface area contributed by atoms with Crippen molar-refractivity contribution in [1.82, 2.24) is 15.5 Å². The number of amides is 1. The number of halogens is 6. The number of carbonyl (C=O) groups is 1. The number of hydrogen-bond acceptors (Lipinski definition) is 4. The quantitative estimate of drug-likeness (QED) is 0.563. The van der Waals surface area contributed by atoms with E-state index in [1.165, 1.54) is 0 Å². The number of carbonyl (C=O) groups excluding carboxylic acids is 1. The summed E-state index contributed by atoms with van der Waals surface area (Å²) in [4.78, 5) is 14.5. The van der Waals surface area contributed by atoms with Gasteiger partial charge in [-0.2, -0.15) is 26.3 Å². The molecule has 0 spiro atoms. The zero-order valence-electron chi connectivity index (χ0n) is 17.2. The molecule has 178 valence electrons. The lowest BCUT2D eigenvalue weighted by molar-refractivity contribution is -0.141. The molecule has 0 unspecified atom stereocenters. The molecule has 1 aromatic carbocycles. The fourth-order valence-electron chi connectivity index (χ4n) is 4.10. The SMILES string of the molecule is C=C(CNC(=O)c1cc(C(F)(F)F)ccc1C(F)(F)F)NC1CN(C2CCC(O)CC2)C1. The Bertz CT molecular complexity index is 841. The molecule has 11 heteroatoms. The Morgan fingerprint density at radius 1 is 1.06 bits per heavy atom. The summed E-state index contributed by atoms with van der Waals surface area (Å²) in [5.74, 6) is -1.26. The normalized spacial score (nSPS) is 22.8. The summed E-state index contributed by atoms with van der Waals surface area (Å²) in [5, 5.41) is 14.9. The largest absolute Gasteiger partial charge is 0.417 e. The maximum atomic E-state index is 13.2. The molecule has 32 heavy (non-hydrogen) atoms. The molecular formula is C21H25F6N3O2. The summed E-state index contributed by atoms with van der Waals surface area (Å²) in [5.41, 5.74) is -3.51. The molecule has 1 amide bonds. The molecular weight excluding hydrogens is 440 g/mol. The Morgan fingerprint density at radius 2 is 1.69 bits per heavy atom. The van der Waals surface area contributed by atoms with Crippen molar-refractivity contribution in [3.63, 3.8) is 0 Å². The Morgan fingerprint density at radius 3 is 2.25 bits per heavy atom. The van der Waals surface area contributed by atoms with E-state index in [9.17, 15) is 36.2 Å².